The summed E-state index contributed by atoms with van der Waals surface area (Å²) in [6, 6.07) is 7.77. The molecule has 1 aliphatic heterocycles. The first-order valence-electron chi connectivity index (χ1n) is 8.47. The molecule has 3 heterocycles. The summed E-state index contributed by atoms with van der Waals surface area (Å²) in [5.74, 6) is 0.138. The summed E-state index contributed by atoms with van der Waals surface area (Å²) in [6.45, 7) is 5.62. The van der Waals surface area contributed by atoms with Gasteiger partial charge in [0.1, 0.15) is 5.82 Å². The summed E-state index contributed by atoms with van der Waals surface area (Å²) in [4.78, 5) is 21.7. The van der Waals surface area contributed by atoms with Crippen molar-refractivity contribution in [2.24, 2.45) is 0 Å². The molecule has 4 rings (SSSR count). The Bertz CT molecular complexity index is 1020. The molecule has 3 aromatic rings. The van der Waals surface area contributed by atoms with E-state index in [1.54, 1.807) is 35.2 Å². The van der Waals surface area contributed by atoms with Crippen LogP contribution in [0.5, 0.6) is 0 Å². The van der Waals surface area contributed by atoms with Crippen LogP contribution in [0.15, 0.2) is 54.0 Å². The van der Waals surface area contributed by atoms with Crippen molar-refractivity contribution >= 4 is 5.95 Å². The van der Waals surface area contributed by atoms with Crippen molar-refractivity contribution < 1.29 is 4.39 Å². The summed E-state index contributed by atoms with van der Waals surface area (Å²) in [6.07, 6.45) is 4.28. The number of rotatable bonds is 5. The highest BCUT2D eigenvalue weighted by molar-refractivity contribution is 5.79. The highest BCUT2D eigenvalue weighted by Crippen LogP contribution is 2.31. The standard InChI is InChI=1S/C19H18FN5O/c1-2-9-21-19-22-10-8-15(23-19)17-16(13-4-6-14(20)7-5-13)18(26)25-12-3-11-24(17)25/h2,4-8,10H,1,3,9,11-12H2,(H,21,22,23). The Morgan fingerprint density at radius 2 is 1.96 bits per heavy atom. The van der Waals surface area contributed by atoms with Crippen molar-refractivity contribution in [1.82, 2.24) is 19.3 Å². The minimum atomic E-state index is -0.333. The first-order valence-corrected chi connectivity index (χ1v) is 8.47. The van der Waals surface area contributed by atoms with Gasteiger partial charge in [-0.25, -0.2) is 19.0 Å². The van der Waals surface area contributed by atoms with Crippen molar-refractivity contribution in [2.75, 3.05) is 11.9 Å². The highest BCUT2D eigenvalue weighted by atomic mass is 19.1. The van der Waals surface area contributed by atoms with Crippen LogP contribution in [-0.2, 0) is 13.1 Å². The van der Waals surface area contributed by atoms with Gasteiger partial charge in [-0.15, -0.1) is 6.58 Å². The number of benzene rings is 1. The third-order valence-electron chi connectivity index (χ3n) is 4.41. The number of aromatic nitrogens is 4. The molecule has 0 unspecified atom stereocenters. The van der Waals surface area contributed by atoms with E-state index in [0.717, 1.165) is 18.7 Å². The van der Waals surface area contributed by atoms with Gasteiger partial charge in [-0.3, -0.25) is 9.48 Å². The average molecular weight is 351 g/mol. The van der Waals surface area contributed by atoms with Crippen molar-refractivity contribution in [3.05, 3.63) is 65.4 Å². The molecular weight excluding hydrogens is 333 g/mol. The lowest BCUT2D eigenvalue weighted by atomic mass is 10.0. The first kappa shape index (κ1) is 16.3. The van der Waals surface area contributed by atoms with E-state index in [1.807, 2.05) is 4.68 Å². The van der Waals surface area contributed by atoms with E-state index in [1.165, 1.54) is 12.1 Å². The molecule has 7 heteroatoms. The van der Waals surface area contributed by atoms with Gasteiger partial charge in [0.25, 0.3) is 5.56 Å². The van der Waals surface area contributed by atoms with Gasteiger partial charge in [0, 0.05) is 25.8 Å². The van der Waals surface area contributed by atoms with Gasteiger partial charge in [0.05, 0.1) is 17.0 Å². The van der Waals surface area contributed by atoms with Gasteiger partial charge in [-0.2, -0.15) is 0 Å². The molecule has 0 aliphatic carbocycles. The molecule has 1 aliphatic rings. The second-order valence-corrected chi connectivity index (χ2v) is 6.07. The normalized spacial score (nSPS) is 12.8. The van der Waals surface area contributed by atoms with Gasteiger partial charge in [-0.1, -0.05) is 18.2 Å². The first-order chi connectivity index (χ1) is 12.7. The number of nitrogens with zero attached hydrogens (tertiary/aromatic N) is 4. The molecule has 0 bridgehead atoms. The molecule has 0 fully saturated rings. The summed E-state index contributed by atoms with van der Waals surface area (Å²) in [7, 11) is 0. The second kappa shape index (κ2) is 6.59. The van der Waals surface area contributed by atoms with Crippen LogP contribution >= 0.6 is 0 Å². The lowest BCUT2D eigenvalue weighted by molar-refractivity contribution is 0.599. The maximum absolute atomic E-state index is 13.3. The number of hydrogen-bond donors (Lipinski definition) is 1. The van der Waals surface area contributed by atoms with Gasteiger partial charge in [0.15, 0.2) is 0 Å². The number of anilines is 1. The summed E-state index contributed by atoms with van der Waals surface area (Å²) < 4.78 is 17.0. The van der Waals surface area contributed by atoms with Gasteiger partial charge < -0.3 is 5.32 Å². The molecule has 1 aromatic carbocycles. The molecule has 0 saturated carbocycles. The monoisotopic (exact) mass is 351 g/mol. The van der Waals surface area contributed by atoms with Crippen molar-refractivity contribution in [1.29, 1.82) is 0 Å². The van der Waals surface area contributed by atoms with E-state index >= 15 is 0 Å². The second-order valence-electron chi connectivity index (χ2n) is 6.07. The Kier molecular flexibility index (Phi) is 4.12. The van der Waals surface area contributed by atoms with Crippen LogP contribution < -0.4 is 10.9 Å². The maximum Gasteiger partial charge on any atom is 0.275 e. The zero-order valence-corrected chi connectivity index (χ0v) is 14.2. The van der Waals surface area contributed by atoms with E-state index in [-0.39, 0.29) is 11.4 Å². The van der Waals surface area contributed by atoms with Crippen LogP contribution in [-0.4, -0.2) is 25.9 Å². The molecule has 0 amide bonds. The fourth-order valence-electron chi connectivity index (χ4n) is 3.29. The summed E-state index contributed by atoms with van der Waals surface area (Å²) >= 11 is 0. The van der Waals surface area contributed by atoms with Crippen LogP contribution in [0, 0.1) is 5.82 Å². The quantitative estimate of drug-likeness (QED) is 0.718. The maximum atomic E-state index is 13.3. The van der Waals surface area contributed by atoms with Crippen LogP contribution in [0.1, 0.15) is 6.42 Å². The molecule has 132 valence electrons. The molecule has 0 saturated heterocycles. The molecule has 2 aromatic heterocycles. The van der Waals surface area contributed by atoms with Gasteiger partial charge in [-0.05, 0) is 30.2 Å². The average Bonchev–Trinajstić information content (AvgIpc) is 3.23. The smallest absolute Gasteiger partial charge is 0.275 e. The van der Waals surface area contributed by atoms with Crippen molar-refractivity contribution in [3.8, 4) is 22.5 Å². The number of fused-ring (bicyclic) bond motifs is 1. The predicted molar refractivity (Wildman–Crippen MR) is 98.4 cm³/mol. The number of nitrogens with one attached hydrogen (secondary N) is 1. The Balaban J connectivity index is 1.91. The highest BCUT2D eigenvalue weighted by Gasteiger charge is 2.26. The fraction of sp³-hybridized carbons (Fsp3) is 0.211. The van der Waals surface area contributed by atoms with E-state index in [2.05, 4.69) is 21.9 Å². The van der Waals surface area contributed by atoms with E-state index < -0.39 is 0 Å². The zero-order valence-electron chi connectivity index (χ0n) is 14.2. The Labute approximate surface area is 149 Å². The van der Waals surface area contributed by atoms with E-state index in [0.29, 0.717) is 35.9 Å². The Hall–Kier alpha value is -3.22. The lowest BCUT2D eigenvalue weighted by Crippen LogP contribution is -2.17. The summed E-state index contributed by atoms with van der Waals surface area (Å²) in [5, 5.41) is 3.06. The molecule has 0 radical (unpaired) electrons. The SMILES string of the molecule is C=CCNc1nccc(-c2c(-c3ccc(F)cc3)c(=O)n3n2CCC3)n1. The largest absolute Gasteiger partial charge is 0.351 e. The molecule has 1 N–H and O–H groups in total. The van der Waals surface area contributed by atoms with Gasteiger partial charge >= 0.3 is 0 Å². The van der Waals surface area contributed by atoms with E-state index in [4.69, 9.17) is 0 Å². The number of halogens is 1. The number of hydrogen-bond acceptors (Lipinski definition) is 4. The molecule has 6 nitrogen and oxygen atoms in total. The lowest BCUT2D eigenvalue weighted by Gasteiger charge is -2.09. The van der Waals surface area contributed by atoms with E-state index in [9.17, 15) is 9.18 Å². The van der Waals surface area contributed by atoms with Crippen LogP contribution in [0.3, 0.4) is 0 Å². The molecule has 0 spiro atoms. The topological polar surface area (TPSA) is 64.7 Å². The van der Waals surface area contributed by atoms with Crippen molar-refractivity contribution in [3.63, 3.8) is 0 Å². The molecule has 0 atom stereocenters. The third kappa shape index (κ3) is 2.71. The van der Waals surface area contributed by atoms with Crippen molar-refractivity contribution in [2.45, 2.75) is 19.5 Å². The molecule has 26 heavy (non-hydrogen) atoms. The fourth-order valence-corrected chi connectivity index (χ4v) is 3.29. The third-order valence-corrected chi connectivity index (χ3v) is 4.41. The Morgan fingerprint density at radius 1 is 1.19 bits per heavy atom. The predicted octanol–water partition coefficient (Wildman–Crippen LogP) is 2.91. The van der Waals surface area contributed by atoms with Crippen LogP contribution in [0.2, 0.25) is 0 Å². The van der Waals surface area contributed by atoms with Crippen LogP contribution in [0.4, 0.5) is 10.3 Å². The Morgan fingerprint density at radius 3 is 2.73 bits per heavy atom. The van der Waals surface area contributed by atoms with Gasteiger partial charge in [0.2, 0.25) is 5.95 Å². The minimum Gasteiger partial charge on any atom is -0.351 e. The molecular formula is C19H18FN5O. The van der Waals surface area contributed by atoms with Crippen LogP contribution in [0.25, 0.3) is 22.5 Å². The summed E-state index contributed by atoms with van der Waals surface area (Å²) in [5.41, 5.74) is 2.54. The minimum absolute atomic E-state index is 0.0803. The zero-order chi connectivity index (χ0) is 18.1.